The molecule has 0 aliphatic heterocycles. The predicted molar refractivity (Wildman–Crippen MR) is 67.3 cm³/mol. The highest BCUT2D eigenvalue weighted by molar-refractivity contribution is 9.10. The molecule has 0 bridgehead atoms. The van der Waals surface area contributed by atoms with Crippen LogP contribution < -0.4 is 4.74 Å². The van der Waals surface area contributed by atoms with Crippen LogP contribution in [0.15, 0.2) is 46.9 Å². The number of nitro groups is 1. The van der Waals surface area contributed by atoms with Gasteiger partial charge in [-0.15, -0.1) is 0 Å². The molecule has 0 amide bonds. The molecule has 2 aromatic rings. The van der Waals surface area contributed by atoms with E-state index in [2.05, 4.69) is 15.9 Å². The minimum Gasteiger partial charge on any atom is -0.450 e. The van der Waals surface area contributed by atoms with Crippen LogP contribution in [0.2, 0.25) is 0 Å². The Bertz CT molecular complexity index is 604. The number of ether oxygens (including phenoxy) is 1. The number of halogens is 2. The molecule has 0 aliphatic carbocycles. The van der Waals surface area contributed by atoms with Gasteiger partial charge in [-0.2, -0.15) is 0 Å². The minimum atomic E-state index is -0.618. The molecule has 0 unspecified atom stereocenters. The number of hydrogen-bond acceptors (Lipinski definition) is 3. The van der Waals surface area contributed by atoms with E-state index in [0.717, 1.165) is 22.7 Å². The van der Waals surface area contributed by atoms with Gasteiger partial charge in [0.15, 0.2) is 0 Å². The molecule has 92 valence electrons. The summed E-state index contributed by atoms with van der Waals surface area (Å²) in [7, 11) is 0. The lowest BCUT2D eigenvalue weighted by atomic mass is 10.3. The number of nitrogens with zero attached hydrogens (tertiary/aromatic N) is 1. The molecular formula is C12H7BrFNO3. The van der Waals surface area contributed by atoms with E-state index in [-0.39, 0.29) is 11.4 Å². The Morgan fingerprint density at radius 2 is 2.00 bits per heavy atom. The summed E-state index contributed by atoms with van der Waals surface area (Å²) in [5.74, 6) is -0.332. The van der Waals surface area contributed by atoms with Crippen molar-refractivity contribution in [2.24, 2.45) is 0 Å². The fraction of sp³-hybridized carbons (Fsp3) is 0. The molecule has 2 rings (SSSR count). The van der Waals surface area contributed by atoms with Gasteiger partial charge in [0.05, 0.1) is 4.92 Å². The van der Waals surface area contributed by atoms with Crippen molar-refractivity contribution >= 4 is 21.6 Å². The van der Waals surface area contributed by atoms with E-state index in [4.69, 9.17) is 4.74 Å². The van der Waals surface area contributed by atoms with Crippen LogP contribution >= 0.6 is 15.9 Å². The van der Waals surface area contributed by atoms with Crippen LogP contribution in [0.3, 0.4) is 0 Å². The number of hydrogen-bond donors (Lipinski definition) is 0. The summed E-state index contributed by atoms with van der Waals surface area (Å²) >= 11 is 3.25. The third kappa shape index (κ3) is 2.84. The van der Waals surface area contributed by atoms with Gasteiger partial charge in [0.25, 0.3) is 0 Å². The van der Waals surface area contributed by atoms with Gasteiger partial charge in [0.1, 0.15) is 11.6 Å². The maximum atomic E-state index is 13.1. The zero-order valence-electron chi connectivity index (χ0n) is 8.97. The maximum Gasteiger partial charge on any atom is 0.311 e. The van der Waals surface area contributed by atoms with E-state index < -0.39 is 10.7 Å². The third-order valence-electron chi connectivity index (χ3n) is 2.14. The molecule has 18 heavy (non-hydrogen) atoms. The monoisotopic (exact) mass is 311 g/mol. The molecular weight excluding hydrogens is 305 g/mol. The zero-order chi connectivity index (χ0) is 13.1. The SMILES string of the molecule is O=[N+]([O-])c1ccc(F)cc1Oc1cccc(Br)c1. The van der Waals surface area contributed by atoms with Gasteiger partial charge in [-0.25, -0.2) is 4.39 Å². The van der Waals surface area contributed by atoms with Gasteiger partial charge in [-0.05, 0) is 24.3 Å². The average Bonchev–Trinajstić information content (AvgIpc) is 2.28. The summed E-state index contributed by atoms with van der Waals surface area (Å²) in [5.41, 5.74) is -0.281. The highest BCUT2D eigenvalue weighted by Crippen LogP contribution is 2.32. The molecule has 0 radical (unpaired) electrons. The molecule has 0 N–H and O–H groups in total. The fourth-order valence-electron chi connectivity index (χ4n) is 1.38. The Balaban J connectivity index is 2.39. The van der Waals surface area contributed by atoms with E-state index in [1.807, 2.05) is 0 Å². The number of benzene rings is 2. The lowest BCUT2D eigenvalue weighted by Gasteiger charge is -2.06. The van der Waals surface area contributed by atoms with Crippen molar-refractivity contribution in [3.8, 4) is 11.5 Å². The zero-order valence-corrected chi connectivity index (χ0v) is 10.6. The smallest absolute Gasteiger partial charge is 0.311 e. The van der Waals surface area contributed by atoms with Crippen LogP contribution in [0.5, 0.6) is 11.5 Å². The lowest BCUT2D eigenvalue weighted by molar-refractivity contribution is -0.385. The van der Waals surface area contributed by atoms with Gasteiger partial charge < -0.3 is 4.74 Å². The third-order valence-corrected chi connectivity index (χ3v) is 2.64. The molecule has 2 aromatic carbocycles. The van der Waals surface area contributed by atoms with Crippen LogP contribution in [0.4, 0.5) is 10.1 Å². The van der Waals surface area contributed by atoms with Gasteiger partial charge in [-0.3, -0.25) is 10.1 Å². The van der Waals surface area contributed by atoms with Crippen LogP contribution in [0, 0.1) is 15.9 Å². The Kier molecular flexibility index (Phi) is 3.57. The van der Waals surface area contributed by atoms with Gasteiger partial charge in [0.2, 0.25) is 5.75 Å². The van der Waals surface area contributed by atoms with Crippen molar-refractivity contribution in [3.63, 3.8) is 0 Å². The Morgan fingerprint density at radius 1 is 1.22 bits per heavy atom. The summed E-state index contributed by atoms with van der Waals surface area (Å²) in [6, 6.07) is 9.83. The summed E-state index contributed by atoms with van der Waals surface area (Å²) in [6.45, 7) is 0. The van der Waals surface area contributed by atoms with Gasteiger partial charge in [0, 0.05) is 16.6 Å². The topological polar surface area (TPSA) is 52.4 Å². The largest absolute Gasteiger partial charge is 0.450 e. The molecule has 0 aliphatic rings. The number of rotatable bonds is 3. The van der Waals surface area contributed by atoms with E-state index >= 15 is 0 Å². The fourth-order valence-corrected chi connectivity index (χ4v) is 1.76. The molecule has 0 spiro atoms. The first kappa shape index (κ1) is 12.5. The summed E-state index contributed by atoms with van der Waals surface area (Å²) in [5, 5.41) is 10.8. The second-order valence-corrected chi connectivity index (χ2v) is 4.34. The van der Waals surface area contributed by atoms with Gasteiger partial charge in [-0.1, -0.05) is 22.0 Å². The van der Waals surface area contributed by atoms with Gasteiger partial charge >= 0.3 is 5.69 Å². The Morgan fingerprint density at radius 3 is 2.67 bits per heavy atom. The highest BCUT2D eigenvalue weighted by atomic mass is 79.9. The molecule has 0 heterocycles. The molecule has 0 atom stereocenters. The van der Waals surface area contributed by atoms with Crippen molar-refractivity contribution in [1.82, 2.24) is 0 Å². The molecule has 0 aromatic heterocycles. The maximum absolute atomic E-state index is 13.1. The first-order valence-electron chi connectivity index (χ1n) is 4.93. The average molecular weight is 312 g/mol. The van der Waals surface area contributed by atoms with E-state index in [0.29, 0.717) is 5.75 Å². The Hall–Kier alpha value is -1.95. The van der Waals surface area contributed by atoms with Crippen molar-refractivity contribution in [2.45, 2.75) is 0 Å². The van der Waals surface area contributed by atoms with Crippen molar-refractivity contribution < 1.29 is 14.1 Å². The van der Waals surface area contributed by atoms with Crippen LogP contribution in [0.1, 0.15) is 0 Å². The molecule has 0 saturated heterocycles. The molecule has 0 fully saturated rings. The summed E-state index contributed by atoms with van der Waals surface area (Å²) in [4.78, 5) is 10.2. The van der Waals surface area contributed by atoms with Crippen molar-refractivity contribution in [2.75, 3.05) is 0 Å². The second kappa shape index (κ2) is 5.14. The standard InChI is InChI=1S/C12H7BrFNO3/c13-8-2-1-3-10(6-8)18-12-7-9(14)4-5-11(12)15(16)17/h1-7H. The molecule has 6 heteroatoms. The summed E-state index contributed by atoms with van der Waals surface area (Å²) < 4.78 is 19.2. The van der Waals surface area contributed by atoms with Crippen LogP contribution in [0.25, 0.3) is 0 Å². The van der Waals surface area contributed by atoms with E-state index in [9.17, 15) is 14.5 Å². The van der Waals surface area contributed by atoms with Crippen molar-refractivity contribution in [3.05, 3.63) is 62.9 Å². The minimum absolute atomic E-state index is 0.127. The first-order valence-corrected chi connectivity index (χ1v) is 5.73. The highest BCUT2D eigenvalue weighted by Gasteiger charge is 2.16. The molecule has 0 saturated carbocycles. The number of nitro benzene ring substituents is 1. The van der Waals surface area contributed by atoms with Crippen LogP contribution in [-0.2, 0) is 0 Å². The quantitative estimate of drug-likeness (QED) is 0.627. The predicted octanol–water partition coefficient (Wildman–Crippen LogP) is 4.29. The van der Waals surface area contributed by atoms with E-state index in [1.54, 1.807) is 24.3 Å². The second-order valence-electron chi connectivity index (χ2n) is 3.43. The Labute approximate surface area is 110 Å². The van der Waals surface area contributed by atoms with Crippen LogP contribution in [-0.4, -0.2) is 4.92 Å². The normalized spacial score (nSPS) is 10.1. The van der Waals surface area contributed by atoms with Crippen molar-refractivity contribution in [1.29, 1.82) is 0 Å². The summed E-state index contributed by atoms with van der Waals surface area (Å²) in [6.07, 6.45) is 0. The lowest BCUT2D eigenvalue weighted by Crippen LogP contribution is -1.94. The molecule has 4 nitrogen and oxygen atoms in total. The first-order chi connectivity index (χ1) is 8.56. The van der Waals surface area contributed by atoms with E-state index in [1.165, 1.54) is 0 Å².